The summed E-state index contributed by atoms with van der Waals surface area (Å²) in [4.78, 5) is 0.283. The molecule has 118 valence electrons. The molecule has 1 heterocycles. The zero-order chi connectivity index (χ0) is 16.3. The first-order valence-corrected chi connectivity index (χ1v) is 9.14. The number of hydrogen-bond donors (Lipinski definition) is 0. The minimum Gasteiger partial charge on any atom is -0.213 e. The van der Waals surface area contributed by atoms with E-state index in [0.29, 0.717) is 11.6 Å². The van der Waals surface area contributed by atoms with Gasteiger partial charge in [0.15, 0.2) is 0 Å². The molecule has 0 N–H and O–H groups in total. The largest absolute Gasteiger partial charge is 0.285 e. The van der Waals surface area contributed by atoms with Crippen LogP contribution in [0.3, 0.4) is 0 Å². The second-order valence-electron chi connectivity index (χ2n) is 4.61. The van der Waals surface area contributed by atoms with Crippen molar-refractivity contribution in [1.82, 2.24) is 14.4 Å². The summed E-state index contributed by atoms with van der Waals surface area (Å²) in [5.41, 5.74) is 0.977. The van der Waals surface area contributed by atoms with E-state index in [2.05, 4.69) is 14.1 Å². The lowest BCUT2D eigenvalue weighted by Crippen LogP contribution is -2.19. The molecule has 0 aliphatic heterocycles. The van der Waals surface area contributed by atoms with Gasteiger partial charge in [0.25, 0.3) is 10.0 Å². The van der Waals surface area contributed by atoms with Crippen LogP contribution in [0, 0.1) is 0 Å². The van der Waals surface area contributed by atoms with E-state index in [1.807, 2.05) is 30.3 Å². The highest BCUT2D eigenvalue weighted by Crippen LogP contribution is 2.15. The molecule has 0 atom stereocenters. The predicted molar refractivity (Wildman–Crippen MR) is 87.6 cm³/mol. The molecule has 3 rings (SSSR count). The van der Waals surface area contributed by atoms with E-state index in [9.17, 15) is 8.42 Å². The zero-order valence-corrected chi connectivity index (χ0v) is 14.1. The Labute approximate surface area is 141 Å². The maximum Gasteiger partial charge on any atom is 0.285 e. The molecule has 23 heavy (non-hydrogen) atoms. The SMILES string of the molecule is O=S(=O)(/N=c1\snnn1Cc1ccccc1)c1ccc(Cl)cc1. The highest BCUT2D eigenvalue weighted by atomic mass is 35.5. The van der Waals surface area contributed by atoms with Crippen LogP contribution in [0.5, 0.6) is 0 Å². The van der Waals surface area contributed by atoms with Gasteiger partial charge in [-0.1, -0.05) is 51.6 Å². The second-order valence-corrected chi connectivity index (χ2v) is 7.36. The average Bonchev–Trinajstić information content (AvgIpc) is 2.95. The van der Waals surface area contributed by atoms with E-state index in [-0.39, 0.29) is 9.70 Å². The quantitative estimate of drug-likeness (QED) is 0.710. The lowest BCUT2D eigenvalue weighted by molar-refractivity contribution is 0.590. The Morgan fingerprint density at radius 1 is 1.09 bits per heavy atom. The topological polar surface area (TPSA) is 77.2 Å². The van der Waals surface area contributed by atoms with E-state index in [1.54, 1.807) is 0 Å². The van der Waals surface area contributed by atoms with Gasteiger partial charge >= 0.3 is 0 Å². The van der Waals surface area contributed by atoms with Crippen LogP contribution < -0.4 is 4.80 Å². The van der Waals surface area contributed by atoms with Crippen molar-refractivity contribution in [3.05, 3.63) is 70.0 Å². The molecule has 0 amide bonds. The molecule has 0 spiro atoms. The van der Waals surface area contributed by atoms with Gasteiger partial charge in [-0.05, 0) is 29.8 Å². The zero-order valence-electron chi connectivity index (χ0n) is 11.7. The molecule has 0 bridgehead atoms. The summed E-state index contributed by atoms with van der Waals surface area (Å²) >= 11 is 6.70. The van der Waals surface area contributed by atoms with Crippen LogP contribution in [0.15, 0.2) is 63.9 Å². The number of nitrogens with zero attached hydrogens (tertiary/aromatic N) is 4. The highest BCUT2D eigenvalue weighted by Gasteiger charge is 2.13. The molecule has 0 unspecified atom stereocenters. The van der Waals surface area contributed by atoms with E-state index in [4.69, 9.17) is 11.6 Å². The number of aromatic nitrogens is 3. The normalized spacial score (nSPS) is 12.5. The lowest BCUT2D eigenvalue weighted by Gasteiger charge is -2.01. The van der Waals surface area contributed by atoms with Crippen molar-refractivity contribution in [3.63, 3.8) is 0 Å². The minimum absolute atomic E-state index is 0.0709. The standard InChI is InChI=1S/C14H11ClN4O2S2/c15-12-6-8-13(9-7-12)23(20,21)16-14-19(17-18-22-14)10-11-4-2-1-3-5-11/h1-9H,10H2/b16-14-. The molecular weight excluding hydrogens is 356 g/mol. The number of halogens is 1. The van der Waals surface area contributed by atoms with Crippen molar-refractivity contribution in [3.8, 4) is 0 Å². The molecule has 2 aromatic carbocycles. The van der Waals surface area contributed by atoms with Crippen molar-refractivity contribution in [1.29, 1.82) is 0 Å². The number of benzene rings is 2. The third kappa shape index (κ3) is 3.84. The average molecular weight is 367 g/mol. The van der Waals surface area contributed by atoms with E-state index < -0.39 is 10.0 Å². The molecular formula is C14H11ClN4O2S2. The number of sulfonamides is 1. The Morgan fingerprint density at radius 2 is 1.78 bits per heavy atom. The summed E-state index contributed by atoms with van der Waals surface area (Å²) in [5, 5.41) is 4.37. The maximum atomic E-state index is 12.3. The van der Waals surface area contributed by atoms with Crippen LogP contribution in [0.1, 0.15) is 5.56 Å². The molecule has 6 nitrogen and oxygen atoms in total. The van der Waals surface area contributed by atoms with Gasteiger partial charge < -0.3 is 0 Å². The van der Waals surface area contributed by atoms with Crippen molar-refractivity contribution in [2.75, 3.05) is 0 Å². The van der Waals surface area contributed by atoms with Crippen LogP contribution in [0.2, 0.25) is 5.02 Å². The Balaban J connectivity index is 1.97. The molecule has 1 aromatic heterocycles. The summed E-state index contributed by atoms with van der Waals surface area (Å²) < 4.78 is 33.8. The van der Waals surface area contributed by atoms with E-state index >= 15 is 0 Å². The second kappa shape index (κ2) is 6.61. The fraction of sp³-hybridized carbons (Fsp3) is 0.0714. The Hall–Kier alpha value is -2.03. The molecule has 0 fully saturated rings. The molecule has 0 saturated heterocycles. The van der Waals surface area contributed by atoms with Crippen LogP contribution in [-0.2, 0) is 16.6 Å². The predicted octanol–water partition coefficient (Wildman–Crippen LogP) is 2.33. The van der Waals surface area contributed by atoms with Crippen LogP contribution in [0.25, 0.3) is 0 Å². The number of rotatable bonds is 4. The summed E-state index contributed by atoms with van der Waals surface area (Å²) in [7, 11) is -3.84. The smallest absolute Gasteiger partial charge is 0.213 e. The minimum atomic E-state index is -3.84. The highest BCUT2D eigenvalue weighted by molar-refractivity contribution is 7.90. The monoisotopic (exact) mass is 366 g/mol. The van der Waals surface area contributed by atoms with Crippen molar-refractivity contribution < 1.29 is 8.42 Å². The van der Waals surface area contributed by atoms with Crippen LogP contribution in [0.4, 0.5) is 0 Å². The van der Waals surface area contributed by atoms with Gasteiger partial charge in [-0.15, -0.1) is 4.40 Å². The van der Waals surface area contributed by atoms with Gasteiger partial charge in [0.2, 0.25) is 4.80 Å². The van der Waals surface area contributed by atoms with Crippen LogP contribution >= 0.6 is 23.1 Å². The number of hydrogen-bond acceptors (Lipinski definition) is 5. The van der Waals surface area contributed by atoms with Gasteiger partial charge in [0, 0.05) is 16.6 Å². The molecule has 9 heteroatoms. The molecule has 0 aliphatic rings. The van der Waals surface area contributed by atoms with Gasteiger partial charge in [0.1, 0.15) is 0 Å². The lowest BCUT2D eigenvalue weighted by atomic mass is 10.2. The first-order chi connectivity index (χ1) is 11.0. The van der Waals surface area contributed by atoms with Crippen LogP contribution in [-0.4, -0.2) is 22.8 Å². The van der Waals surface area contributed by atoms with E-state index in [1.165, 1.54) is 28.9 Å². The van der Waals surface area contributed by atoms with Gasteiger partial charge in [-0.2, -0.15) is 8.42 Å². The molecule has 0 aliphatic carbocycles. The van der Waals surface area contributed by atoms with E-state index in [0.717, 1.165) is 17.1 Å². The maximum absolute atomic E-state index is 12.3. The Morgan fingerprint density at radius 3 is 2.48 bits per heavy atom. The first-order valence-electron chi connectivity index (χ1n) is 6.54. The third-order valence-corrected chi connectivity index (χ3v) is 5.24. The summed E-state index contributed by atoms with van der Waals surface area (Å²) in [6.07, 6.45) is 0. The van der Waals surface area contributed by atoms with Crippen molar-refractivity contribution >= 4 is 33.2 Å². The van der Waals surface area contributed by atoms with Crippen molar-refractivity contribution in [2.45, 2.75) is 11.4 Å². The summed E-state index contributed by atoms with van der Waals surface area (Å²) in [6.45, 7) is 0.395. The first kappa shape index (κ1) is 15.9. The van der Waals surface area contributed by atoms with Gasteiger partial charge in [0.05, 0.1) is 11.4 Å². The fourth-order valence-electron chi connectivity index (χ4n) is 1.87. The van der Waals surface area contributed by atoms with Gasteiger partial charge in [-0.25, -0.2) is 4.68 Å². The molecule has 0 saturated carbocycles. The Bertz CT molecular complexity index is 964. The van der Waals surface area contributed by atoms with Gasteiger partial charge in [-0.3, -0.25) is 0 Å². The Kier molecular flexibility index (Phi) is 4.56. The third-order valence-electron chi connectivity index (χ3n) is 2.97. The summed E-state index contributed by atoms with van der Waals surface area (Å²) in [6, 6.07) is 15.4. The van der Waals surface area contributed by atoms with Crippen molar-refractivity contribution in [2.24, 2.45) is 4.40 Å². The molecule has 3 aromatic rings. The summed E-state index contributed by atoms with van der Waals surface area (Å²) in [5.74, 6) is 0. The molecule has 0 radical (unpaired) electrons. The fourth-order valence-corrected chi connectivity index (χ4v) is 3.70.